The van der Waals surface area contributed by atoms with Gasteiger partial charge in [0.05, 0.1) is 22.0 Å². The van der Waals surface area contributed by atoms with Crippen LogP contribution < -0.4 is 10.0 Å². The quantitative estimate of drug-likeness (QED) is 0.274. The van der Waals surface area contributed by atoms with Crippen LogP contribution in [-0.4, -0.2) is 0 Å². The van der Waals surface area contributed by atoms with Gasteiger partial charge in [-0.25, -0.2) is 13.2 Å². The average molecular weight is 493 g/mol. The van der Waals surface area contributed by atoms with E-state index in [1.807, 2.05) is 13.8 Å². The van der Waals surface area contributed by atoms with Crippen molar-refractivity contribution in [2.75, 3.05) is 10.0 Å². The summed E-state index contributed by atoms with van der Waals surface area (Å²) in [7, 11) is 0. The number of aryl methyl sites for hydroxylation is 1. The number of hydrogen-bond acceptors (Lipinski definition) is 3. The molecule has 0 amide bonds. The number of rotatable bonds is 5. The molecular weight excluding hydrogens is 474 g/mol. The van der Waals surface area contributed by atoms with Crippen LogP contribution in [-0.2, 0) is 6.18 Å². The van der Waals surface area contributed by atoms with E-state index in [1.54, 1.807) is 13.0 Å². The van der Waals surface area contributed by atoms with Gasteiger partial charge in [0.1, 0.15) is 11.5 Å². The van der Waals surface area contributed by atoms with Gasteiger partial charge < -0.3 is 10.0 Å². The Kier molecular flexibility index (Phi) is 8.74. The molecule has 3 aromatic rings. The number of nitrogens with one attached hydrogen (secondary N) is 2. The molecule has 0 atom stereocenters. The molecule has 0 heterocycles. The maximum atomic E-state index is 14.4. The Morgan fingerprint density at radius 3 is 2.09 bits per heavy atom. The Morgan fingerprint density at radius 1 is 0.844 bits per heavy atom. The van der Waals surface area contributed by atoms with Crippen molar-refractivity contribution in [1.29, 1.82) is 0 Å². The van der Waals surface area contributed by atoms with Crippen LogP contribution in [0, 0.1) is 24.4 Å². The molecule has 0 bridgehead atoms. The van der Waals surface area contributed by atoms with Crippen molar-refractivity contribution < 1.29 is 26.3 Å². The lowest BCUT2D eigenvalue weighted by Gasteiger charge is -2.16. The molecular formula is C22H19ClF6N2S. The van der Waals surface area contributed by atoms with E-state index in [1.165, 1.54) is 18.2 Å². The van der Waals surface area contributed by atoms with Crippen LogP contribution in [0.5, 0.6) is 0 Å². The van der Waals surface area contributed by atoms with Crippen molar-refractivity contribution in [3.63, 3.8) is 0 Å². The summed E-state index contributed by atoms with van der Waals surface area (Å²) in [6, 6.07) is 9.02. The first-order valence-electron chi connectivity index (χ1n) is 9.37. The van der Waals surface area contributed by atoms with Crippen molar-refractivity contribution in [1.82, 2.24) is 0 Å². The van der Waals surface area contributed by atoms with Gasteiger partial charge in [0.2, 0.25) is 0 Å². The molecule has 2 N–H and O–H groups in total. The van der Waals surface area contributed by atoms with E-state index >= 15 is 0 Å². The molecule has 0 aliphatic carbocycles. The van der Waals surface area contributed by atoms with E-state index in [2.05, 4.69) is 10.0 Å². The summed E-state index contributed by atoms with van der Waals surface area (Å²) >= 11 is 6.70. The Bertz CT molecular complexity index is 1090. The van der Waals surface area contributed by atoms with E-state index < -0.39 is 29.2 Å². The molecule has 32 heavy (non-hydrogen) atoms. The predicted octanol–water partition coefficient (Wildman–Crippen LogP) is 8.97. The number of alkyl halides is 3. The summed E-state index contributed by atoms with van der Waals surface area (Å²) in [5.74, 6) is -3.07. The third kappa shape index (κ3) is 6.26. The zero-order valence-corrected chi connectivity index (χ0v) is 18.7. The Labute approximate surface area is 191 Å². The number of halogens is 7. The van der Waals surface area contributed by atoms with E-state index in [-0.39, 0.29) is 27.0 Å². The van der Waals surface area contributed by atoms with Gasteiger partial charge in [-0.15, -0.1) is 0 Å². The molecule has 0 saturated heterocycles. The normalized spacial score (nSPS) is 10.9. The van der Waals surface area contributed by atoms with Gasteiger partial charge in [0, 0.05) is 4.90 Å². The van der Waals surface area contributed by atoms with Crippen LogP contribution in [0.1, 0.15) is 25.0 Å². The SMILES string of the molecule is CC.Cc1ccc(Nc2c(NSc3ccc(C(F)(F)F)cc3Cl)ccc(F)c2F)c(F)c1. The predicted molar refractivity (Wildman–Crippen MR) is 118 cm³/mol. The first kappa shape index (κ1) is 25.7. The topological polar surface area (TPSA) is 24.1 Å². The molecule has 3 aromatic carbocycles. The monoisotopic (exact) mass is 492 g/mol. The van der Waals surface area contributed by atoms with Gasteiger partial charge in [0.15, 0.2) is 11.6 Å². The van der Waals surface area contributed by atoms with Crippen molar-refractivity contribution in [2.45, 2.75) is 31.8 Å². The second-order valence-corrected chi connectivity index (χ2v) is 7.49. The smallest absolute Gasteiger partial charge is 0.349 e. The fourth-order valence-corrected chi connectivity index (χ4v) is 3.46. The van der Waals surface area contributed by atoms with Crippen molar-refractivity contribution in [2.24, 2.45) is 0 Å². The van der Waals surface area contributed by atoms with Crippen LogP contribution in [0.4, 0.5) is 43.4 Å². The summed E-state index contributed by atoms with van der Waals surface area (Å²) < 4.78 is 83.2. The molecule has 10 heteroatoms. The first-order chi connectivity index (χ1) is 15.1. The van der Waals surface area contributed by atoms with Gasteiger partial charge >= 0.3 is 6.18 Å². The van der Waals surface area contributed by atoms with Gasteiger partial charge in [0.25, 0.3) is 0 Å². The second-order valence-electron chi connectivity index (χ2n) is 6.24. The second kappa shape index (κ2) is 10.9. The highest BCUT2D eigenvalue weighted by Crippen LogP contribution is 2.38. The van der Waals surface area contributed by atoms with Gasteiger partial charge in [-0.3, -0.25) is 0 Å². The zero-order valence-electron chi connectivity index (χ0n) is 17.2. The van der Waals surface area contributed by atoms with Crippen LogP contribution >= 0.6 is 23.5 Å². The lowest BCUT2D eigenvalue weighted by molar-refractivity contribution is -0.137. The van der Waals surface area contributed by atoms with Crippen LogP contribution in [0.2, 0.25) is 5.02 Å². The minimum atomic E-state index is -4.55. The van der Waals surface area contributed by atoms with Crippen molar-refractivity contribution >= 4 is 40.6 Å². The molecule has 172 valence electrons. The number of anilines is 3. The van der Waals surface area contributed by atoms with Crippen molar-refractivity contribution in [3.8, 4) is 0 Å². The Morgan fingerprint density at radius 2 is 1.50 bits per heavy atom. The molecule has 0 radical (unpaired) electrons. The zero-order chi connectivity index (χ0) is 24.1. The first-order valence-corrected chi connectivity index (χ1v) is 10.6. The third-order valence-electron chi connectivity index (χ3n) is 4.01. The van der Waals surface area contributed by atoms with Gasteiger partial charge in [-0.2, -0.15) is 13.2 Å². The molecule has 0 unspecified atom stereocenters. The average Bonchev–Trinajstić information content (AvgIpc) is 2.74. The van der Waals surface area contributed by atoms with Crippen molar-refractivity contribution in [3.05, 3.63) is 82.1 Å². The molecule has 0 aliphatic rings. The molecule has 0 aromatic heterocycles. The highest BCUT2D eigenvalue weighted by atomic mass is 35.5. The Hall–Kier alpha value is -2.52. The molecule has 0 fully saturated rings. The van der Waals surface area contributed by atoms with Gasteiger partial charge in [-0.05, 0) is 66.9 Å². The summed E-state index contributed by atoms with van der Waals surface area (Å²) in [6.07, 6.45) is -4.55. The maximum absolute atomic E-state index is 14.4. The number of benzene rings is 3. The third-order valence-corrected chi connectivity index (χ3v) is 5.33. The summed E-state index contributed by atoms with van der Waals surface area (Å²) in [4.78, 5) is 0.224. The fraction of sp³-hybridized carbons (Fsp3) is 0.182. The molecule has 0 saturated carbocycles. The fourth-order valence-electron chi connectivity index (χ4n) is 2.48. The molecule has 0 aliphatic heterocycles. The van der Waals surface area contributed by atoms with Crippen LogP contribution in [0.3, 0.4) is 0 Å². The summed E-state index contributed by atoms with van der Waals surface area (Å²) in [5, 5.41) is 2.33. The maximum Gasteiger partial charge on any atom is 0.416 e. The van der Waals surface area contributed by atoms with Gasteiger partial charge in [-0.1, -0.05) is 31.5 Å². The van der Waals surface area contributed by atoms with Crippen LogP contribution in [0.15, 0.2) is 53.4 Å². The minimum absolute atomic E-state index is 0.0369. The minimum Gasteiger partial charge on any atom is -0.349 e. The van der Waals surface area contributed by atoms with E-state index in [0.29, 0.717) is 5.56 Å². The highest BCUT2D eigenvalue weighted by molar-refractivity contribution is 8.00. The largest absolute Gasteiger partial charge is 0.416 e. The summed E-state index contributed by atoms with van der Waals surface area (Å²) in [6.45, 7) is 5.67. The highest BCUT2D eigenvalue weighted by Gasteiger charge is 2.31. The summed E-state index contributed by atoms with van der Waals surface area (Å²) in [5.41, 5.74) is -0.681. The van der Waals surface area contributed by atoms with E-state index in [9.17, 15) is 26.3 Å². The standard InChI is InChI=1S/C20H13ClF6N2S.C2H6/c1-10-2-5-15(14(23)8-10)28-19-16(6-4-13(22)18(19)24)29-30-17-7-3-11(9-12(17)21)20(25,26)27;1-2/h2-9,28-29H,1H3;1-2H3. The van der Waals surface area contributed by atoms with E-state index in [4.69, 9.17) is 11.6 Å². The lowest BCUT2D eigenvalue weighted by Crippen LogP contribution is -2.05. The van der Waals surface area contributed by atoms with E-state index in [0.717, 1.165) is 36.2 Å². The van der Waals surface area contributed by atoms with Crippen LogP contribution in [0.25, 0.3) is 0 Å². The number of hydrogen-bond donors (Lipinski definition) is 2. The lowest BCUT2D eigenvalue weighted by atomic mass is 10.2. The molecule has 2 nitrogen and oxygen atoms in total. The molecule has 0 spiro atoms. The Balaban J connectivity index is 0.00000176. The molecule has 3 rings (SSSR count).